The number of rotatable bonds is 8. The second kappa shape index (κ2) is 9.07. The number of H-pyrrole nitrogens is 1. The van der Waals surface area contributed by atoms with Crippen molar-refractivity contribution in [1.29, 1.82) is 0 Å². The Morgan fingerprint density at radius 2 is 2.15 bits per heavy atom. The number of nitrogens with zero attached hydrogens (tertiary/aromatic N) is 2. The molecule has 0 radical (unpaired) electrons. The van der Waals surface area contributed by atoms with Crippen LogP contribution in [-0.2, 0) is 11.2 Å². The molecule has 2 aromatic rings. The molecule has 1 aliphatic carbocycles. The standard InChI is InChI=1S/C19H26N4O2S/c1-13(15-9-5-6-10-16(15)25-2)20-18(24)12-26-19-21-17(22-23-19)11-14-7-3-4-8-14/h5-6,9-10,13-14H,3-4,7-8,11-12H2,1-2H3,(H,20,24)(H,21,22,23). The Bertz CT molecular complexity index is 728. The minimum atomic E-state index is -0.121. The van der Waals surface area contributed by atoms with Crippen molar-refractivity contribution in [3.63, 3.8) is 0 Å². The van der Waals surface area contributed by atoms with Gasteiger partial charge in [0.15, 0.2) is 0 Å². The van der Waals surface area contributed by atoms with E-state index in [9.17, 15) is 4.79 Å². The zero-order valence-corrected chi connectivity index (χ0v) is 16.1. The van der Waals surface area contributed by atoms with Crippen molar-refractivity contribution in [2.75, 3.05) is 12.9 Å². The number of benzene rings is 1. The summed E-state index contributed by atoms with van der Waals surface area (Å²) in [5.41, 5.74) is 0.963. The summed E-state index contributed by atoms with van der Waals surface area (Å²) in [5.74, 6) is 2.68. The lowest BCUT2D eigenvalue weighted by molar-refractivity contribution is -0.119. The van der Waals surface area contributed by atoms with Gasteiger partial charge in [0.1, 0.15) is 11.6 Å². The maximum atomic E-state index is 12.2. The van der Waals surface area contributed by atoms with Crippen LogP contribution in [0.1, 0.15) is 50.0 Å². The monoisotopic (exact) mass is 374 g/mol. The van der Waals surface area contributed by atoms with Crippen molar-refractivity contribution < 1.29 is 9.53 Å². The second-order valence-corrected chi connectivity index (χ2v) is 7.68. The van der Waals surface area contributed by atoms with Crippen molar-refractivity contribution in [2.45, 2.75) is 50.2 Å². The Labute approximate surface area is 158 Å². The Kier molecular flexibility index (Phi) is 6.55. The topological polar surface area (TPSA) is 79.9 Å². The molecule has 1 amide bonds. The van der Waals surface area contributed by atoms with Gasteiger partial charge in [0.25, 0.3) is 0 Å². The molecule has 1 heterocycles. The Hall–Kier alpha value is -2.02. The van der Waals surface area contributed by atoms with E-state index in [2.05, 4.69) is 20.5 Å². The van der Waals surface area contributed by atoms with Crippen LogP contribution >= 0.6 is 11.8 Å². The molecule has 26 heavy (non-hydrogen) atoms. The molecule has 1 unspecified atom stereocenters. The third-order valence-electron chi connectivity index (χ3n) is 4.78. The van der Waals surface area contributed by atoms with Gasteiger partial charge in [-0.25, -0.2) is 4.98 Å². The van der Waals surface area contributed by atoms with Gasteiger partial charge in [-0.3, -0.25) is 9.89 Å². The van der Waals surface area contributed by atoms with Crippen LogP contribution in [0.25, 0.3) is 0 Å². The largest absolute Gasteiger partial charge is 0.496 e. The number of carbonyl (C=O) groups is 1. The van der Waals surface area contributed by atoms with Crippen LogP contribution in [0.3, 0.4) is 0 Å². The molecule has 2 N–H and O–H groups in total. The predicted octanol–water partition coefficient (Wildman–Crippen LogP) is 3.52. The molecule has 6 nitrogen and oxygen atoms in total. The molecule has 140 valence electrons. The first kappa shape index (κ1) is 18.8. The van der Waals surface area contributed by atoms with Crippen molar-refractivity contribution >= 4 is 17.7 Å². The third-order valence-corrected chi connectivity index (χ3v) is 5.63. The first-order valence-corrected chi connectivity index (χ1v) is 10.1. The summed E-state index contributed by atoms with van der Waals surface area (Å²) in [6.45, 7) is 1.95. The van der Waals surface area contributed by atoms with E-state index in [1.54, 1.807) is 7.11 Å². The van der Waals surface area contributed by atoms with E-state index in [1.165, 1.54) is 37.4 Å². The summed E-state index contributed by atoms with van der Waals surface area (Å²) in [6.07, 6.45) is 6.18. The molecular weight excluding hydrogens is 348 g/mol. The van der Waals surface area contributed by atoms with E-state index in [-0.39, 0.29) is 11.9 Å². The van der Waals surface area contributed by atoms with Gasteiger partial charge in [0.05, 0.1) is 18.9 Å². The van der Waals surface area contributed by atoms with Gasteiger partial charge in [-0.15, -0.1) is 5.10 Å². The Morgan fingerprint density at radius 1 is 1.38 bits per heavy atom. The highest BCUT2D eigenvalue weighted by Gasteiger charge is 2.18. The summed E-state index contributed by atoms with van der Waals surface area (Å²) in [6, 6.07) is 7.59. The van der Waals surface area contributed by atoms with Gasteiger partial charge in [-0.05, 0) is 18.9 Å². The number of aromatic amines is 1. The fraction of sp³-hybridized carbons (Fsp3) is 0.526. The van der Waals surface area contributed by atoms with Gasteiger partial charge in [-0.1, -0.05) is 55.6 Å². The van der Waals surface area contributed by atoms with Crippen molar-refractivity contribution in [3.05, 3.63) is 35.7 Å². The summed E-state index contributed by atoms with van der Waals surface area (Å²) in [7, 11) is 1.63. The van der Waals surface area contributed by atoms with E-state index < -0.39 is 0 Å². The number of ether oxygens (including phenoxy) is 1. The molecule has 1 saturated carbocycles. The number of thioether (sulfide) groups is 1. The zero-order valence-electron chi connectivity index (χ0n) is 15.3. The van der Waals surface area contributed by atoms with E-state index in [4.69, 9.17) is 4.74 Å². The van der Waals surface area contributed by atoms with Crippen LogP contribution in [0.5, 0.6) is 5.75 Å². The second-order valence-electron chi connectivity index (χ2n) is 6.74. The summed E-state index contributed by atoms with van der Waals surface area (Å²) in [4.78, 5) is 16.8. The van der Waals surface area contributed by atoms with Crippen LogP contribution in [0.2, 0.25) is 0 Å². The number of nitrogens with one attached hydrogen (secondary N) is 2. The molecule has 0 bridgehead atoms. The molecule has 7 heteroatoms. The fourth-order valence-corrected chi connectivity index (χ4v) is 4.07. The highest BCUT2D eigenvalue weighted by molar-refractivity contribution is 7.99. The number of para-hydroxylation sites is 1. The highest BCUT2D eigenvalue weighted by Crippen LogP contribution is 2.27. The normalized spacial score (nSPS) is 15.8. The first-order valence-electron chi connectivity index (χ1n) is 9.12. The van der Waals surface area contributed by atoms with Crippen LogP contribution in [0.15, 0.2) is 29.4 Å². The van der Waals surface area contributed by atoms with E-state index in [0.29, 0.717) is 10.9 Å². The summed E-state index contributed by atoms with van der Waals surface area (Å²) in [5, 5.41) is 10.9. The van der Waals surface area contributed by atoms with Crippen molar-refractivity contribution in [3.8, 4) is 5.75 Å². The molecule has 0 saturated heterocycles. The van der Waals surface area contributed by atoms with Gasteiger partial charge >= 0.3 is 0 Å². The smallest absolute Gasteiger partial charge is 0.230 e. The molecule has 0 aliphatic heterocycles. The van der Waals surface area contributed by atoms with Crippen LogP contribution < -0.4 is 10.1 Å². The maximum absolute atomic E-state index is 12.2. The van der Waals surface area contributed by atoms with Crippen molar-refractivity contribution in [1.82, 2.24) is 20.5 Å². The lowest BCUT2D eigenvalue weighted by atomic mass is 10.0. The number of hydrogen-bond acceptors (Lipinski definition) is 5. The maximum Gasteiger partial charge on any atom is 0.230 e. The van der Waals surface area contributed by atoms with Gasteiger partial charge in [-0.2, -0.15) is 0 Å². The number of hydrogen-bond donors (Lipinski definition) is 2. The summed E-state index contributed by atoms with van der Waals surface area (Å²) >= 11 is 1.36. The van der Waals surface area contributed by atoms with E-state index >= 15 is 0 Å². The predicted molar refractivity (Wildman–Crippen MR) is 102 cm³/mol. The van der Waals surface area contributed by atoms with E-state index in [1.807, 2.05) is 31.2 Å². The lowest BCUT2D eigenvalue weighted by Gasteiger charge is -2.16. The van der Waals surface area contributed by atoms with Gasteiger partial charge in [0, 0.05) is 12.0 Å². The van der Waals surface area contributed by atoms with Gasteiger partial charge in [0.2, 0.25) is 11.1 Å². The number of methoxy groups -OCH3 is 1. The van der Waals surface area contributed by atoms with E-state index in [0.717, 1.165) is 29.5 Å². The SMILES string of the molecule is COc1ccccc1C(C)NC(=O)CSc1n[nH]c(CC2CCCC2)n1. The molecule has 1 atom stereocenters. The molecule has 3 rings (SSSR count). The quantitative estimate of drug-likeness (QED) is 0.691. The first-order chi connectivity index (χ1) is 12.7. The van der Waals surface area contributed by atoms with Crippen LogP contribution in [0.4, 0.5) is 0 Å². The molecule has 1 fully saturated rings. The number of aromatic nitrogens is 3. The Balaban J connectivity index is 1.47. The number of amides is 1. The van der Waals surface area contributed by atoms with Gasteiger partial charge < -0.3 is 10.1 Å². The zero-order chi connectivity index (χ0) is 18.4. The Morgan fingerprint density at radius 3 is 2.92 bits per heavy atom. The van der Waals surface area contributed by atoms with Crippen LogP contribution in [0, 0.1) is 5.92 Å². The number of carbonyl (C=O) groups excluding carboxylic acids is 1. The molecule has 1 aliphatic rings. The molecule has 0 spiro atoms. The van der Waals surface area contributed by atoms with Crippen LogP contribution in [-0.4, -0.2) is 34.0 Å². The average Bonchev–Trinajstić information content (AvgIpc) is 3.32. The molecule has 1 aromatic heterocycles. The van der Waals surface area contributed by atoms with Crippen molar-refractivity contribution in [2.24, 2.45) is 5.92 Å². The fourth-order valence-electron chi connectivity index (χ4n) is 3.44. The lowest BCUT2D eigenvalue weighted by Crippen LogP contribution is -2.28. The third kappa shape index (κ3) is 5.00. The highest BCUT2D eigenvalue weighted by atomic mass is 32.2. The summed E-state index contributed by atoms with van der Waals surface area (Å²) < 4.78 is 5.35. The average molecular weight is 375 g/mol. The minimum Gasteiger partial charge on any atom is -0.496 e. The molecular formula is C19H26N4O2S. The minimum absolute atomic E-state index is 0.0458. The molecule has 1 aromatic carbocycles.